The van der Waals surface area contributed by atoms with Gasteiger partial charge in [-0.2, -0.15) is 0 Å². The molecule has 18 heavy (non-hydrogen) atoms. The Labute approximate surface area is 113 Å². The minimum atomic E-state index is -1.07. The van der Waals surface area contributed by atoms with Gasteiger partial charge in [-0.25, -0.2) is 4.79 Å². The highest BCUT2D eigenvalue weighted by atomic mass is 79.9. The van der Waals surface area contributed by atoms with E-state index in [4.69, 9.17) is 14.3 Å². The van der Waals surface area contributed by atoms with Crippen molar-refractivity contribution in [3.05, 3.63) is 28.4 Å². The van der Waals surface area contributed by atoms with Crippen LogP contribution in [0.4, 0.5) is 0 Å². The lowest BCUT2D eigenvalue weighted by atomic mass is 10.2. The van der Waals surface area contributed by atoms with Crippen LogP contribution in [0.1, 0.15) is 30.3 Å². The van der Waals surface area contributed by atoms with E-state index in [1.807, 2.05) is 0 Å². The van der Waals surface area contributed by atoms with Gasteiger partial charge in [-0.05, 0) is 34.5 Å². The van der Waals surface area contributed by atoms with Crippen molar-refractivity contribution in [2.24, 2.45) is 0 Å². The fourth-order valence-corrected chi connectivity index (χ4v) is 2.06. The van der Waals surface area contributed by atoms with Crippen LogP contribution < -0.4 is 4.74 Å². The molecule has 1 aromatic carbocycles. The summed E-state index contributed by atoms with van der Waals surface area (Å²) in [6, 6.07) is 5.01. The Kier molecular flexibility index (Phi) is 3.91. The molecule has 0 amide bonds. The average Bonchev–Trinajstić information content (AvgIpc) is 2.72. The number of carboxylic acid groups (broad SMARTS) is 1. The Bertz CT molecular complexity index is 574. The van der Waals surface area contributed by atoms with Crippen molar-refractivity contribution in [3.8, 4) is 5.75 Å². The first-order valence-corrected chi connectivity index (χ1v) is 6.50. The number of rotatable bonds is 5. The molecular formula is C13H13BrO4. The van der Waals surface area contributed by atoms with Gasteiger partial charge in [0.05, 0.1) is 11.1 Å². The summed E-state index contributed by atoms with van der Waals surface area (Å²) >= 11 is 3.40. The van der Waals surface area contributed by atoms with Gasteiger partial charge in [0.25, 0.3) is 0 Å². The number of ether oxygens (including phenoxy) is 1. The lowest BCUT2D eigenvalue weighted by Gasteiger charge is -2.07. The lowest BCUT2D eigenvalue weighted by Crippen LogP contribution is -1.96. The molecule has 0 fully saturated rings. The minimum absolute atomic E-state index is 0.0670. The Balaban J connectivity index is 2.32. The van der Waals surface area contributed by atoms with Crippen LogP contribution in [0.25, 0.3) is 11.0 Å². The molecule has 0 saturated heterocycles. The van der Waals surface area contributed by atoms with Crippen LogP contribution in [0.5, 0.6) is 5.75 Å². The van der Waals surface area contributed by atoms with Gasteiger partial charge in [0, 0.05) is 11.5 Å². The SMILES string of the molecule is CCCCOc1cc2oc(C(=O)O)cc2cc1Br. The van der Waals surface area contributed by atoms with Gasteiger partial charge in [-0.3, -0.25) is 0 Å². The molecule has 2 rings (SSSR count). The second kappa shape index (κ2) is 5.44. The van der Waals surface area contributed by atoms with Crippen molar-refractivity contribution in [1.82, 2.24) is 0 Å². The number of hydrogen-bond donors (Lipinski definition) is 1. The van der Waals surface area contributed by atoms with Crippen LogP contribution in [0.2, 0.25) is 0 Å². The molecule has 4 nitrogen and oxygen atoms in total. The Hall–Kier alpha value is -1.49. The fraction of sp³-hybridized carbons (Fsp3) is 0.308. The summed E-state index contributed by atoms with van der Waals surface area (Å²) in [6.07, 6.45) is 2.03. The number of carboxylic acids is 1. The molecular weight excluding hydrogens is 300 g/mol. The summed E-state index contributed by atoms with van der Waals surface area (Å²) in [5.41, 5.74) is 0.516. The van der Waals surface area contributed by atoms with E-state index >= 15 is 0 Å². The normalized spacial score (nSPS) is 10.8. The van der Waals surface area contributed by atoms with Crippen molar-refractivity contribution in [3.63, 3.8) is 0 Å². The number of fused-ring (bicyclic) bond motifs is 1. The van der Waals surface area contributed by atoms with Crippen molar-refractivity contribution < 1.29 is 19.1 Å². The second-order valence-electron chi connectivity index (χ2n) is 3.94. The number of hydrogen-bond acceptors (Lipinski definition) is 3. The number of benzene rings is 1. The number of unbranched alkanes of at least 4 members (excludes halogenated alkanes) is 1. The van der Waals surface area contributed by atoms with E-state index in [0.717, 1.165) is 22.7 Å². The van der Waals surface area contributed by atoms with Crippen molar-refractivity contribution in [2.45, 2.75) is 19.8 Å². The van der Waals surface area contributed by atoms with Gasteiger partial charge in [-0.1, -0.05) is 13.3 Å². The molecule has 96 valence electrons. The number of halogens is 1. The zero-order valence-electron chi connectivity index (χ0n) is 9.90. The fourth-order valence-electron chi connectivity index (χ4n) is 1.58. The molecule has 0 aliphatic carbocycles. The van der Waals surface area contributed by atoms with E-state index in [2.05, 4.69) is 22.9 Å². The maximum atomic E-state index is 10.8. The predicted octanol–water partition coefficient (Wildman–Crippen LogP) is 4.07. The summed E-state index contributed by atoms with van der Waals surface area (Å²) in [5.74, 6) is -0.472. The maximum absolute atomic E-state index is 10.8. The smallest absolute Gasteiger partial charge is 0.371 e. The molecule has 1 heterocycles. The van der Waals surface area contributed by atoms with Gasteiger partial charge in [-0.15, -0.1) is 0 Å². The first-order chi connectivity index (χ1) is 8.61. The third kappa shape index (κ3) is 2.67. The number of furan rings is 1. The Morgan fingerprint density at radius 3 is 2.89 bits per heavy atom. The molecule has 0 atom stereocenters. The van der Waals surface area contributed by atoms with E-state index in [-0.39, 0.29) is 5.76 Å². The summed E-state index contributed by atoms with van der Waals surface area (Å²) in [4.78, 5) is 10.8. The third-order valence-corrected chi connectivity index (χ3v) is 3.16. The van der Waals surface area contributed by atoms with Crippen LogP contribution in [0.15, 0.2) is 27.1 Å². The molecule has 0 spiro atoms. The molecule has 2 aromatic rings. The topological polar surface area (TPSA) is 59.7 Å². The molecule has 0 unspecified atom stereocenters. The molecule has 0 aliphatic rings. The molecule has 0 saturated carbocycles. The number of aromatic carboxylic acids is 1. The molecule has 0 aliphatic heterocycles. The standard InChI is InChI=1S/C13H13BrO4/c1-2-3-4-17-11-7-10-8(5-9(11)14)6-12(18-10)13(15)16/h5-7H,2-4H2,1H3,(H,15,16). The lowest BCUT2D eigenvalue weighted by molar-refractivity contribution is 0.0665. The summed E-state index contributed by atoms with van der Waals surface area (Å²) in [7, 11) is 0. The molecule has 0 bridgehead atoms. The van der Waals surface area contributed by atoms with Gasteiger partial charge >= 0.3 is 5.97 Å². The Morgan fingerprint density at radius 1 is 1.44 bits per heavy atom. The van der Waals surface area contributed by atoms with Crippen LogP contribution in [-0.4, -0.2) is 17.7 Å². The summed E-state index contributed by atoms with van der Waals surface area (Å²) in [5, 5.41) is 9.60. The quantitative estimate of drug-likeness (QED) is 0.845. The molecule has 1 N–H and O–H groups in total. The third-order valence-electron chi connectivity index (χ3n) is 2.54. The molecule has 1 aromatic heterocycles. The van der Waals surface area contributed by atoms with Crippen molar-refractivity contribution in [2.75, 3.05) is 6.61 Å². The first-order valence-electron chi connectivity index (χ1n) is 5.71. The van der Waals surface area contributed by atoms with Crippen molar-refractivity contribution >= 4 is 32.9 Å². The highest BCUT2D eigenvalue weighted by Gasteiger charge is 2.13. The monoisotopic (exact) mass is 312 g/mol. The van der Waals surface area contributed by atoms with E-state index in [0.29, 0.717) is 17.9 Å². The maximum Gasteiger partial charge on any atom is 0.371 e. The van der Waals surface area contributed by atoms with Crippen LogP contribution in [0, 0.1) is 0 Å². The molecule has 0 radical (unpaired) electrons. The van der Waals surface area contributed by atoms with E-state index in [1.54, 1.807) is 12.1 Å². The largest absolute Gasteiger partial charge is 0.492 e. The van der Waals surface area contributed by atoms with E-state index in [1.165, 1.54) is 6.07 Å². The first kappa shape index (κ1) is 13.0. The van der Waals surface area contributed by atoms with Crippen LogP contribution in [0.3, 0.4) is 0 Å². The zero-order valence-corrected chi connectivity index (χ0v) is 11.5. The van der Waals surface area contributed by atoms with E-state index in [9.17, 15) is 4.79 Å². The van der Waals surface area contributed by atoms with Crippen LogP contribution >= 0.6 is 15.9 Å². The van der Waals surface area contributed by atoms with Gasteiger partial charge in [0.15, 0.2) is 0 Å². The van der Waals surface area contributed by atoms with E-state index < -0.39 is 5.97 Å². The van der Waals surface area contributed by atoms with Crippen molar-refractivity contribution in [1.29, 1.82) is 0 Å². The zero-order chi connectivity index (χ0) is 13.1. The predicted molar refractivity (Wildman–Crippen MR) is 71.3 cm³/mol. The minimum Gasteiger partial charge on any atom is -0.492 e. The van der Waals surface area contributed by atoms with Crippen LogP contribution in [-0.2, 0) is 0 Å². The second-order valence-corrected chi connectivity index (χ2v) is 4.79. The van der Waals surface area contributed by atoms with Gasteiger partial charge < -0.3 is 14.3 Å². The average molecular weight is 313 g/mol. The van der Waals surface area contributed by atoms with Gasteiger partial charge in [0.2, 0.25) is 5.76 Å². The number of carbonyl (C=O) groups is 1. The van der Waals surface area contributed by atoms with Gasteiger partial charge in [0.1, 0.15) is 11.3 Å². The summed E-state index contributed by atoms with van der Waals surface area (Å²) in [6.45, 7) is 2.72. The molecule has 5 heteroatoms. The highest BCUT2D eigenvalue weighted by molar-refractivity contribution is 9.10. The highest BCUT2D eigenvalue weighted by Crippen LogP contribution is 2.32. The summed E-state index contributed by atoms with van der Waals surface area (Å²) < 4.78 is 11.6. The Morgan fingerprint density at radius 2 is 2.22 bits per heavy atom.